The van der Waals surface area contributed by atoms with Crippen molar-refractivity contribution in [2.45, 2.75) is 0 Å². The minimum Gasteiger partial charge on any atom is -0.309 e. The highest BCUT2D eigenvalue weighted by Crippen LogP contribution is 2.49. The summed E-state index contributed by atoms with van der Waals surface area (Å²) in [6.45, 7) is 0. The lowest BCUT2D eigenvalue weighted by Gasteiger charge is -2.25. The second kappa shape index (κ2) is 7.96. The molecule has 0 N–H and O–H groups in total. The van der Waals surface area contributed by atoms with E-state index in [1.807, 2.05) is 24.5 Å². The van der Waals surface area contributed by atoms with E-state index in [9.17, 15) is 0 Å². The van der Waals surface area contributed by atoms with Gasteiger partial charge in [0, 0.05) is 17.6 Å². The average molecular weight is 447 g/mol. The molecule has 35 heavy (non-hydrogen) atoms. The number of rotatable bonds is 4. The molecule has 0 fully saturated rings. The van der Waals surface area contributed by atoms with Gasteiger partial charge in [-0.05, 0) is 80.6 Å². The lowest BCUT2D eigenvalue weighted by molar-refractivity contribution is 1.23. The van der Waals surface area contributed by atoms with Crippen LogP contribution in [0.5, 0.6) is 0 Å². The molecular formula is C33H22N2. The Morgan fingerprint density at radius 3 is 1.91 bits per heavy atom. The monoisotopic (exact) mass is 446 g/mol. The Kier molecular flexibility index (Phi) is 4.49. The Bertz CT molecular complexity index is 1620. The van der Waals surface area contributed by atoms with Crippen molar-refractivity contribution >= 4 is 27.8 Å². The van der Waals surface area contributed by atoms with Gasteiger partial charge in [-0.25, -0.2) is 0 Å². The van der Waals surface area contributed by atoms with Crippen molar-refractivity contribution in [2.24, 2.45) is 0 Å². The lowest BCUT2D eigenvalue weighted by atomic mass is 9.94. The fourth-order valence-corrected chi connectivity index (χ4v) is 5.38. The first-order valence-electron chi connectivity index (χ1n) is 11.9. The molecule has 164 valence electrons. The maximum Gasteiger partial charge on any atom is 0.0644 e. The van der Waals surface area contributed by atoms with Crippen LogP contribution in [0.2, 0.25) is 0 Å². The fraction of sp³-hybridized carbons (Fsp3) is 0. The zero-order chi connectivity index (χ0) is 23.2. The van der Waals surface area contributed by atoms with Crippen LogP contribution in [-0.2, 0) is 0 Å². The molecule has 5 aromatic carbocycles. The number of nitrogens with zero attached hydrogens (tertiary/aromatic N) is 2. The number of pyridine rings is 1. The van der Waals surface area contributed by atoms with Crippen LogP contribution in [0.25, 0.3) is 44.2 Å². The summed E-state index contributed by atoms with van der Waals surface area (Å²) in [4.78, 5) is 6.64. The van der Waals surface area contributed by atoms with Gasteiger partial charge in [0.15, 0.2) is 0 Å². The molecule has 2 heteroatoms. The Morgan fingerprint density at radius 2 is 1.11 bits per heavy atom. The lowest BCUT2D eigenvalue weighted by Crippen LogP contribution is -2.10. The number of hydrogen-bond acceptors (Lipinski definition) is 2. The van der Waals surface area contributed by atoms with Crippen molar-refractivity contribution in [3.05, 3.63) is 134 Å². The van der Waals surface area contributed by atoms with Crippen LogP contribution in [0.15, 0.2) is 134 Å². The normalized spacial score (nSPS) is 11.4. The number of benzene rings is 5. The summed E-state index contributed by atoms with van der Waals surface area (Å²) >= 11 is 0. The van der Waals surface area contributed by atoms with Crippen LogP contribution in [0, 0.1) is 0 Å². The number of para-hydroxylation sites is 1. The Balaban J connectivity index is 1.41. The van der Waals surface area contributed by atoms with Crippen LogP contribution < -0.4 is 4.90 Å². The predicted molar refractivity (Wildman–Crippen MR) is 146 cm³/mol. The SMILES string of the molecule is c1ccc(N(c2cccnc2)c2cccc(-c3ccc4c5c(cccc35)-c3ccccc3-4)c2)cc1. The van der Waals surface area contributed by atoms with Crippen molar-refractivity contribution in [2.75, 3.05) is 4.90 Å². The summed E-state index contributed by atoms with van der Waals surface area (Å²) in [5, 5.41) is 2.64. The van der Waals surface area contributed by atoms with E-state index in [4.69, 9.17) is 0 Å². The topological polar surface area (TPSA) is 16.1 Å². The largest absolute Gasteiger partial charge is 0.309 e. The number of fused-ring (bicyclic) bond motifs is 3. The summed E-state index contributed by atoms with van der Waals surface area (Å²) in [6, 6.07) is 43.3. The molecule has 7 rings (SSSR count). The maximum absolute atomic E-state index is 4.38. The van der Waals surface area contributed by atoms with Gasteiger partial charge in [-0.1, -0.05) is 84.9 Å². The van der Waals surface area contributed by atoms with Crippen LogP contribution in [0.4, 0.5) is 17.1 Å². The third kappa shape index (κ3) is 3.15. The minimum absolute atomic E-state index is 1.03. The van der Waals surface area contributed by atoms with E-state index in [-0.39, 0.29) is 0 Å². The van der Waals surface area contributed by atoms with Crippen LogP contribution >= 0.6 is 0 Å². The number of aromatic nitrogens is 1. The van der Waals surface area contributed by atoms with Gasteiger partial charge in [0.1, 0.15) is 0 Å². The third-order valence-electron chi connectivity index (χ3n) is 6.88. The molecule has 1 aromatic heterocycles. The molecule has 1 heterocycles. The molecule has 0 saturated carbocycles. The summed E-state index contributed by atoms with van der Waals surface area (Å²) in [5.74, 6) is 0. The molecule has 0 radical (unpaired) electrons. The van der Waals surface area contributed by atoms with Crippen LogP contribution in [0.1, 0.15) is 0 Å². The van der Waals surface area contributed by atoms with Crippen LogP contribution in [-0.4, -0.2) is 4.98 Å². The zero-order valence-corrected chi connectivity index (χ0v) is 19.1. The van der Waals surface area contributed by atoms with E-state index in [0.717, 1.165) is 17.1 Å². The predicted octanol–water partition coefficient (Wildman–Crippen LogP) is 9.02. The summed E-state index contributed by atoms with van der Waals surface area (Å²) in [5.41, 5.74) is 11.0. The smallest absolute Gasteiger partial charge is 0.0644 e. The molecular weight excluding hydrogens is 424 g/mol. The van der Waals surface area contributed by atoms with Gasteiger partial charge in [-0.2, -0.15) is 0 Å². The van der Waals surface area contributed by atoms with Gasteiger partial charge in [0.25, 0.3) is 0 Å². The Hall–Kier alpha value is -4.69. The van der Waals surface area contributed by atoms with Gasteiger partial charge in [-0.3, -0.25) is 4.98 Å². The van der Waals surface area contributed by atoms with Gasteiger partial charge < -0.3 is 4.90 Å². The van der Waals surface area contributed by atoms with Crippen molar-refractivity contribution in [3.8, 4) is 33.4 Å². The Labute approximate surface area is 204 Å². The molecule has 0 atom stereocenters. The molecule has 0 aliphatic heterocycles. The highest BCUT2D eigenvalue weighted by atomic mass is 15.1. The van der Waals surface area contributed by atoms with Crippen molar-refractivity contribution < 1.29 is 0 Å². The highest BCUT2D eigenvalue weighted by Gasteiger charge is 2.22. The highest BCUT2D eigenvalue weighted by molar-refractivity contribution is 6.18. The molecule has 0 bridgehead atoms. The summed E-state index contributed by atoms with van der Waals surface area (Å²) in [6.07, 6.45) is 3.73. The number of hydrogen-bond donors (Lipinski definition) is 0. The first kappa shape index (κ1) is 19.7. The standard InChI is InChI=1S/C33H22N2/c1-2-10-24(11-3-1)35(26-13-8-20-34-22-26)25-12-6-9-23(21-25)27-18-19-32-29-15-5-4-14-28(29)31-17-7-16-30(27)33(31)32/h1-22H. The van der Waals surface area contributed by atoms with Crippen molar-refractivity contribution in [1.82, 2.24) is 4.98 Å². The molecule has 6 aromatic rings. The van der Waals surface area contributed by atoms with E-state index in [0.29, 0.717) is 0 Å². The van der Waals surface area contributed by atoms with Crippen molar-refractivity contribution in [3.63, 3.8) is 0 Å². The van der Waals surface area contributed by atoms with E-state index in [2.05, 4.69) is 119 Å². The van der Waals surface area contributed by atoms with Crippen LogP contribution in [0.3, 0.4) is 0 Å². The minimum atomic E-state index is 1.03. The van der Waals surface area contributed by atoms with Gasteiger partial charge in [0.05, 0.1) is 11.9 Å². The Morgan fingerprint density at radius 1 is 0.457 bits per heavy atom. The first-order valence-corrected chi connectivity index (χ1v) is 11.9. The van der Waals surface area contributed by atoms with Gasteiger partial charge in [0.2, 0.25) is 0 Å². The average Bonchev–Trinajstić information content (AvgIpc) is 3.26. The number of anilines is 3. The van der Waals surface area contributed by atoms with Crippen molar-refractivity contribution in [1.29, 1.82) is 0 Å². The van der Waals surface area contributed by atoms with E-state index in [1.165, 1.54) is 44.2 Å². The molecule has 0 amide bonds. The quantitative estimate of drug-likeness (QED) is 0.268. The van der Waals surface area contributed by atoms with Gasteiger partial charge >= 0.3 is 0 Å². The van der Waals surface area contributed by atoms with E-state index in [1.54, 1.807) is 0 Å². The second-order valence-electron chi connectivity index (χ2n) is 8.87. The molecule has 0 saturated heterocycles. The fourth-order valence-electron chi connectivity index (χ4n) is 5.38. The van der Waals surface area contributed by atoms with E-state index < -0.39 is 0 Å². The third-order valence-corrected chi connectivity index (χ3v) is 6.88. The molecule has 0 unspecified atom stereocenters. The second-order valence-corrected chi connectivity index (χ2v) is 8.87. The molecule has 0 spiro atoms. The van der Waals surface area contributed by atoms with E-state index >= 15 is 0 Å². The molecule has 1 aliphatic rings. The summed E-state index contributed by atoms with van der Waals surface area (Å²) < 4.78 is 0. The molecule has 1 aliphatic carbocycles. The molecule has 2 nitrogen and oxygen atoms in total. The first-order chi connectivity index (χ1) is 17.4. The summed E-state index contributed by atoms with van der Waals surface area (Å²) in [7, 11) is 0. The van der Waals surface area contributed by atoms with Gasteiger partial charge in [-0.15, -0.1) is 0 Å². The maximum atomic E-state index is 4.38. The zero-order valence-electron chi connectivity index (χ0n) is 19.1.